The molecule has 4 heteroatoms. The van der Waals surface area contributed by atoms with Crippen LogP contribution in [0.15, 0.2) is 0 Å². The Morgan fingerprint density at radius 2 is 1.94 bits per heavy atom. The van der Waals surface area contributed by atoms with Crippen LogP contribution in [0.5, 0.6) is 0 Å². The van der Waals surface area contributed by atoms with Crippen molar-refractivity contribution in [3.8, 4) is 0 Å². The highest BCUT2D eigenvalue weighted by Crippen LogP contribution is 2.50. The summed E-state index contributed by atoms with van der Waals surface area (Å²) >= 11 is 0. The highest BCUT2D eigenvalue weighted by Gasteiger charge is 2.45. The van der Waals surface area contributed by atoms with Crippen molar-refractivity contribution in [2.45, 2.75) is 39.5 Å². The Bertz CT molecular complexity index is 262. The summed E-state index contributed by atoms with van der Waals surface area (Å²) in [5.74, 6) is 1.58. The number of carbonyl (C=O) groups is 1. The number of halogens is 1. The third-order valence-corrected chi connectivity index (χ3v) is 4.20. The molecule has 0 aromatic rings. The van der Waals surface area contributed by atoms with E-state index in [9.17, 15) is 4.79 Å². The lowest BCUT2D eigenvalue weighted by molar-refractivity contribution is -0.122. The van der Waals surface area contributed by atoms with Crippen LogP contribution in [-0.2, 0) is 4.79 Å². The molecular formula is C13H25ClN2O. The van der Waals surface area contributed by atoms with E-state index in [1.807, 2.05) is 0 Å². The summed E-state index contributed by atoms with van der Waals surface area (Å²) in [5, 5.41) is 6.42. The zero-order valence-electron chi connectivity index (χ0n) is 10.9. The van der Waals surface area contributed by atoms with E-state index >= 15 is 0 Å². The van der Waals surface area contributed by atoms with Gasteiger partial charge in [0.05, 0.1) is 0 Å². The van der Waals surface area contributed by atoms with Gasteiger partial charge in [-0.1, -0.05) is 13.8 Å². The molecule has 1 heterocycles. The minimum Gasteiger partial charge on any atom is -0.356 e. The van der Waals surface area contributed by atoms with E-state index < -0.39 is 0 Å². The van der Waals surface area contributed by atoms with E-state index in [-0.39, 0.29) is 18.3 Å². The molecule has 1 amide bonds. The maximum Gasteiger partial charge on any atom is 0.220 e. The number of hydrogen-bond donors (Lipinski definition) is 2. The Balaban J connectivity index is 0.00000144. The molecule has 1 saturated heterocycles. The van der Waals surface area contributed by atoms with E-state index in [1.54, 1.807) is 0 Å². The topological polar surface area (TPSA) is 41.1 Å². The van der Waals surface area contributed by atoms with Crippen molar-refractivity contribution in [3.05, 3.63) is 0 Å². The van der Waals surface area contributed by atoms with Crippen LogP contribution in [0.2, 0.25) is 0 Å². The maximum absolute atomic E-state index is 11.7. The third-order valence-electron chi connectivity index (χ3n) is 4.20. The van der Waals surface area contributed by atoms with E-state index in [0.717, 1.165) is 38.9 Å². The first-order valence-corrected chi connectivity index (χ1v) is 6.55. The number of piperidine rings is 1. The van der Waals surface area contributed by atoms with Crippen molar-refractivity contribution < 1.29 is 4.79 Å². The second-order valence-electron chi connectivity index (χ2n) is 6.09. The predicted molar refractivity (Wildman–Crippen MR) is 72.4 cm³/mol. The lowest BCUT2D eigenvalue weighted by Gasteiger charge is -2.21. The van der Waals surface area contributed by atoms with Crippen LogP contribution >= 0.6 is 12.4 Å². The minimum absolute atomic E-state index is 0. The Kier molecular flexibility index (Phi) is 5.26. The summed E-state index contributed by atoms with van der Waals surface area (Å²) in [5.41, 5.74) is 0.474. The molecule has 1 aliphatic heterocycles. The molecule has 2 fully saturated rings. The number of hydrogen-bond acceptors (Lipinski definition) is 2. The van der Waals surface area contributed by atoms with Gasteiger partial charge in [-0.2, -0.15) is 0 Å². The summed E-state index contributed by atoms with van der Waals surface area (Å²) in [6.07, 6.45) is 4.31. The van der Waals surface area contributed by atoms with E-state index in [1.165, 1.54) is 6.42 Å². The zero-order chi connectivity index (χ0) is 11.6. The molecule has 1 atom stereocenters. The Morgan fingerprint density at radius 1 is 1.35 bits per heavy atom. The van der Waals surface area contributed by atoms with Crippen molar-refractivity contribution in [1.82, 2.24) is 10.6 Å². The molecule has 100 valence electrons. The first kappa shape index (κ1) is 14.8. The summed E-state index contributed by atoms with van der Waals surface area (Å²) < 4.78 is 0. The number of amides is 1. The highest BCUT2D eigenvalue weighted by atomic mass is 35.5. The molecule has 2 N–H and O–H groups in total. The van der Waals surface area contributed by atoms with Gasteiger partial charge in [-0.05, 0) is 49.6 Å². The van der Waals surface area contributed by atoms with Gasteiger partial charge >= 0.3 is 0 Å². The molecule has 0 spiro atoms. The van der Waals surface area contributed by atoms with Crippen LogP contribution in [0, 0.1) is 17.3 Å². The molecule has 2 aliphatic rings. The lowest BCUT2D eigenvalue weighted by atomic mass is 9.94. The van der Waals surface area contributed by atoms with Gasteiger partial charge in [-0.15, -0.1) is 12.4 Å². The number of rotatable bonds is 4. The van der Waals surface area contributed by atoms with Gasteiger partial charge in [0.15, 0.2) is 0 Å². The summed E-state index contributed by atoms with van der Waals surface area (Å²) in [7, 11) is 0. The fraction of sp³-hybridized carbons (Fsp3) is 0.923. The Morgan fingerprint density at radius 3 is 2.47 bits per heavy atom. The monoisotopic (exact) mass is 260 g/mol. The van der Waals surface area contributed by atoms with E-state index in [2.05, 4.69) is 24.5 Å². The van der Waals surface area contributed by atoms with Gasteiger partial charge in [-0.25, -0.2) is 0 Å². The molecule has 0 aromatic heterocycles. The van der Waals surface area contributed by atoms with Crippen molar-refractivity contribution in [3.63, 3.8) is 0 Å². The smallest absolute Gasteiger partial charge is 0.220 e. The second-order valence-corrected chi connectivity index (χ2v) is 6.09. The SMILES string of the molecule is CC1(C)CC1CNC(=O)CC1CCNCC1.Cl. The molecular weight excluding hydrogens is 236 g/mol. The quantitative estimate of drug-likeness (QED) is 0.811. The van der Waals surface area contributed by atoms with Crippen LogP contribution < -0.4 is 10.6 Å². The lowest BCUT2D eigenvalue weighted by Crippen LogP contribution is -2.33. The number of carbonyl (C=O) groups excluding carboxylic acids is 1. The molecule has 1 aliphatic carbocycles. The van der Waals surface area contributed by atoms with Crippen LogP contribution in [0.25, 0.3) is 0 Å². The molecule has 1 saturated carbocycles. The summed E-state index contributed by atoms with van der Waals surface area (Å²) in [6, 6.07) is 0. The first-order chi connectivity index (χ1) is 7.58. The molecule has 0 aromatic carbocycles. The zero-order valence-corrected chi connectivity index (χ0v) is 11.7. The van der Waals surface area contributed by atoms with E-state index in [4.69, 9.17) is 0 Å². The molecule has 1 unspecified atom stereocenters. The van der Waals surface area contributed by atoms with Crippen molar-refractivity contribution in [2.75, 3.05) is 19.6 Å². The largest absolute Gasteiger partial charge is 0.356 e. The average Bonchev–Trinajstić information content (AvgIpc) is 2.85. The highest BCUT2D eigenvalue weighted by molar-refractivity contribution is 5.85. The normalized spacial score (nSPS) is 27.1. The average molecular weight is 261 g/mol. The molecule has 17 heavy (non-hydrogen) atoms. The van der Waals surface area contributed by atoms with Crippen molar-refractivity contribution >= 4 is 18.3 Å². The standard InChI is InChI=1S/C13H24N2O.ClH/c1-13(2)8-11(13)9-15-12(16)7-10-3-5-14-6-4-10;/h10-11,14H,3-9H2,1-2H3,(H,15,16);1H. The summed E-state index contributed by atoms with van der Waals surface area (Å²) in [6.45, 7) is 7.59. The van der Waals surface area contributed by atoms with Crippen LogP contribution in [0.1, 0.15) is 39.5 Å². The second kappa shape index (κ2) is 6.05. The summed E-state index contributed by atoms with van der Waals surface area (Å²) in [4.78, 5) is 11.7. The van der Waals surface area contributed by atoms with Crippen LogP contribution in [0.4, 0.5) is 0 Å². The molecule has 0 radical (unpaired) electrons. The molecule has 2 rings (SSSR count). The van der Waals surface area contributed by atoms with Crippen molar-refractivity contribution in [1.29, 1.82) is 0 Å². The Hall–Kier alpha value is -0.280. The molecule has 3 nitrogen and oxygen atoms in total. The van der Waals surface area contributed by atoms with Crippen LogP contribution in [-0.4, -0.2) is 25.5 Å². The van der Waals surface area contributed by atoms with Gasteiger partial charge in [0.1, 0.15) is 0 Å². The van der Waals surface area contributed by atoms with Gasteiger partial charge in [0.25, 0.3) is 0 Å². The van der Waals surface area contributed by atoms with E-state index in [0.29, 0.717) is 17.3 Å². The number of nitrogens with one attached hydrogen (secondary N) is 2. The van der Waals surface area contributed by atoms with Crippen molar-refractivity contribution in [2.24, 2.45) is 17.3 Å². The molecule has 0 bridgehead atoms. The predicted octanol–water partition coefficient (Wildman–Crippen LogP) is 1.96. The van der Waals surface area contributed by atoms with Gasteiger partial charge in [-0.3, -0.25) is 4.79 Å². The Labute approximate surface area is 111 Å². The first-order valence-electron chi connectivity index (χ1n) is 6.55. The maximum atomic E-state index is 11.7. The van der Waals surface area contributed by atoms with Gasteiger partial charge in [0, 0.05) is 13.0 Å². The van der Waals surface area contributed by atoms with Crippen LogP contribution in [0.3, 0.4) is 0 Å². The fourth-order valence-corrected chi connectivity index (χ4v) is 2.58. The minimum atomic E-state index is 0. The third kappa shape index (κ3) is 4.47. The van der Waals surface area contributed by atoms with Gasteiger partial charge < -0.3 is 10.6 Å². The fourth-order valence-electron chi connectivity index (χ4n) is 2.58. The van der Waals surface area contributed by atoms with Gasteiger partial charge in [0.2, 0.25) is 5.91 Å².